The van der Waals surface area contributed by atoms with E-state index in [1.807, 2.05) is 13.0 Å². The second-order valence-corrected chi connectivity index (χ2v) is 7.54. The van der Waals surface area contributed by atoms with Crippen LogP contribution in [0.15, 0.2) is 23.1 Å². The highest BCUT2D eigenvalue weighted by Crippen LogP contribution is 2.16. The first-order chi connectivity index (χ1) is 9.90. The lowest BCUT2D eigenvalue weighted by atomic mass is 10.1. The van der Waals surface area contributed by atoms with E-state index in [1.54, 1.807) is 12.1 Å². The van der Waals surface area contributed by atoms with Crippen LogP contribution in [-0.4, -0.2) is 15.0 Å². The molecule has 3 N–H and O–H groups in total. The van der Waals surface area contributed by atoms with Gasteiger partial charge in [-0.25, -0.2) is 13.1 Å². The molecular formula is C16H28N2O2S. The summed E-state index contributed by atoms with van der Waals surface area (Å²) >= 11 is 0. The third-order valence-electron chi connectivity index (χ3n) is 3.59. The number of hydrogen-bond acceptors (Lipinski definition) is 3. The minimum atomic E-state index is -3.42. The smallest absolute Gasteiger partial charge is 0.240 e. The standard InChI is InChI=1S/C16H28N2O2S/c1-4-14-8-9-16(11-15(14)12-17)21(19,20)18-10-6-5-7-13(2)3/h8-9,11,13,18H,4-7,10,12,17H2,1-3H3. The molecule has 21 heavy (non-hydrogen) atoms. The Morgan fingerprint density at radius 2 is 1.90 bits per heavy atom. The lowest BCUT2D eigenvalue weighted by Crippen LogP contribution is -2.25. The summed E-state index contributed by atoms with van der Waals surface area (Å²) in [5, 5.41) is 0. The maximum atomic E-state index is 12.2. The quantitative estimate of drug-likeness (QED) is 0.689. The van der Waals surface area contributed by atoms with E-state index in [9.17, 15) is 8.42 Å². The van der Waals surface area contributed by atoms with Gasteiger partial charge in [-0.2, -0.15) is 0 Å². The van der Waals surface area contributed by atoms with E-state index < -0.39 is 10.0 Å². The molecule has 4 nitrogen and oxygen atoms in total. The molecule has 1 rings (SSSR count). The predicted molar refractivity (Wildman–Crippen MR) is 87.6 cm³/mol. The van der Waals surface area contributed by atoms with E-state index in [-0.39, 0.29) is 0 Å². The number of nitrogens with two attached hydrogens (primary N) is 1. The molecule has 0 aliphatic rings. The summed E-state index contributed by atoms with van der Waals surface area (Å²) in [6, 6.07) is 5.21. The van der Waals surface area contributed by atoms with Crippen molar-refractivity contribution in [3.8, 4) is 0 Å². The Balaban J connectivity index is 2.66. The summed E-state index contributed by atoms with van der Waals surface area (Å²) in [7, 11) is -3.42. The van der Waals surface area contributed by atoms with Gasteiger partial charge in [0.05, 0.1) is 4.90 Å². The molecule has 0 aliphatic carbocycles. The van der Waals surface area contributed by atoms with Gasteiger partial charge in [0, 0.05) is 13.1 Å². The van der Waals surface area contributed by atoms with E-state index in [4.69, 9.17) is 5.73 Å². The largest absolute Gasteiger partial charge is 0.326 e. The molecular weight excluding hydrogens is 284 g/mol. The van der Waals surface area contributed by atoms with Gasteiger partial charge in [-0.15, -0.1) is 0 Å². The van der Waals surface area contributed by atoms with Crippen molar-refractivity contribution in [2.24, 2.45) is 11.7 Å². The Kier molecular flexibility index (Phi) is 7.35. The van der Waals surface area contributed by atoms with Crippen LogP contribution >= 0.6 is 0 Å². The summed E-state index contributed by atoms with van der Waals surface area (Å²) in [5.74, 6) is 0.662. The van der Waals surface area contributed by atoms with Gasteiger partial charge >= 0.3 is 0 Å². The highest BCUT2D eigenvalue weighted by atomic mass is 32.2. The first-order valence-electron chi connectivity index (χ1n) is 7.72. The molecule has 120 valence electrons. The third-order valence-corrected chi connectivity index (χ3v) is 5.05. The highest BCUT2D eigenvalue weighted by Gasteiger charge is 2.14. The summed E-state index contributed by atoms with van der Waals surface area (Å²) < 4.78 is 27.2. The first kappa shape index (κ1) is 18.1. The Hall–Kier alpha value is -0.910. The molecule has 0 unspecified atom stereocenters. The van der Waals surface area contributed by atoms with Gasteiger partial charge in [0.15, 0.2) is 0 Å². The second-order valence-electron chi connectivity index (χ2n) is 5.78. The Labute approximate surface area is 129 Å². The van der Waals surface area contributed by atoms with E-state index in [2.05, 4.69) is 18.6 Å². The number of hydrogen-bond donors (Lipinski definition) is 2. The average Bonchev–Trinajstić information content (AvgIpc) is 2.45. The molecule has 0 atom stereocenters. The van der Waals surface area contributed by atoms with Crippen LogP contribution in [0.1, 0.15) is 51.2 Å². The fraction of sp³-hybridized carbons (Fsp3) is 0.625. The lowest BCUT2D eigenvalue weighted by molar-refractivity contribution is 0.530. The van der Waals surface area contributed by atoms with Crippen molar-refractivity contribution < 1.29 is 8.42 Å². The molecule has 1 aromatic rings. The lowest BCUT2D eigenvalue weighted by Gasteiger charge is -2.11. The summed E-state index contributed by atoms with van der Waals surface area (Å²) in [6.07, 6.45) is 3.90. The number of sulfonamides is 1. The number of rotatable bonds is 9. The predicted octanol–water partition coefficient (Wildman–Crippen LogP) is 2.81. The first-order valence-corrected chi connectivity index (χ1v) is 9.20. The van der Waals surface area contributed by atoms with E-state index >= 15 is 0 Å². The van der Waals surface area contributed by atoms with Gasteiger partial charge < -0.3 is 5.73 Å². The topological polar surface area (TPSA) is 72.2 Å². The van der Waals surface area contributed by atoms with Crippen molar-refractivity contribution >= 4 is 10.0 Å². The fourth-order valence-corrected chi connectivity index (χ4v) is 3.40. The van der Waals surface area contributed by atoms with Crippen molar-refractivity contribution in [2.75, 3.05) is 6.54 Å². The fourth-order valence-electron chi connectivity index (χ4n) is 2.27. The molecule has 5 heteroatoms. The molecule has 0 amide bonds. The van der Waals surface area contributed by atoms with E-state index in [0.717, 1.165) is 36.8 Å². The molecule has 0 radical (unpaired) electrons. The molecule has 0 fully saturated rings. The average molecular weight is 312 g/mol. The minimum absolute atomic E-state index is 0.309. The Bertz CT molecular complexity index is 539. The maximum absolute atomic E-state index is 12.2. The Morgan fingerprint density at radius 3 is 2.48 bits per heavy atom. The van der Waals surface area contributed by atoms with Crippen molar-refractivity contribution in [3.63, 3.8) is 0 Å². The van der Waals surface area contributed by atoms with E-state index in [0.29, 0.717) is 23.9 Å². The number of benzene rings is 1. The monoisotopic (exact) mass is 312 g/mol. The van der Waals surface area contributed by atoms with Crippen LogP contribution in [0, 0.1) is 5.92 Å². The van der Waals surface area contributed by atoms with Crippen LogP contribution in [-0.2, 0) is 23.0 Å². The SMILES string of the molecule is CCc1ccc(S(=O)(=O)NCCCCC(C)C)cc1CN. The molecule has 0 aliphatic heterocycles. The third kappa shape index (κ3) is 5.77. The second kappa shape index (κ2) is 8.51. The molecule has 0 aromatic heterocycles. The molecule has 0 spiro atoms. The minimum Gasteiger partial charge on any atom is -0.326 e. The molecule has 0 heterocycles. The normalized spacial score (nSPS) is 12.0. The summed E-state index contributed by atoms with van der Waals surface area (Å²) in [4.78, 5) is 0.309. The van der Waals surface area contributed by atoms with Crippen LogP contribution < -0.4 is 10.5 Å². The zero-order valence-corrected chi connectivity index (χ0v) is 14.2. The van der Waals surface area contributed by atoms with Gasteiger partial charge in [-0.1, -0.05) is 39.7 Å². The van der Waals surface area contributed by atoms with Gasteiger partial charge in [-0.3, -0.25) is 0 Å². The number of unbranched alkanes of at least 4 members (excludes halogenated alkanes) is 1. The summed E-state index contributed by atoms with van der Waals surface area (Å²) in [6.45, 7) is 7.24. The molecule has 0 saturated carbocycles. The van der Waals surface area contributed by atoms with Crippen LogP contribution in [0.2, 0.25) is 0 Å². The number of nitrogens with one attached hydrogen (secondary N) is 1. The maximum Gasteiger partial charge on any atom is 0.240 e. The zero-order valence-electron chi connectivity index (χ0n) is 13.4. The van der Waals surface area contributed by atoms with Crippen molar-refractivity contribution in [1.29, 1.82) is 0 Å². The Morgan fingerprint density at radius 1 is 1.19 bits per heavy atom. The molecule has 0 saturated heterocycles. The molecule has 0 bridgehead atoms. The van der Waals surface area contributed by atoms with Crippen molar-refractivity contribution in [2.45, 2.75) is 57.9 Å². The van der Waals surface area contributed by atoms with E-state index in [1.165, 1.54) is 0 Å². The van der Waals surface area contributed by atoms with Crippen molar-refractivity contribution in [3.05, 3.63) is 29.3 Å². The van der Waals surface area contributed by atoms with Crippen LogP contribution in [0.4, 0.5) is 0 Å². The molecule has 1 aromatic carbocycles. The van der Waals surface area contributed by atoms with Gasteiger partial charge in [-0.05, 0) is 42.0 Å². The van der Waals surface area contributed by atoms with Gasteiger partial charge in [0.2, 0.25) is 10.0 Å². The van der Waals surface area contributed by atoms with Crippen LogP contribution in [0.25, 0.3) is 0 Å². The van der Waals surface area contributed by atoms with Crippen LogP contribution in [0.3, 0.4) is 0 Å². The van der Waals surface area contributed by atoms with Crippen molar-refractivity contribution in [1.82, 2.24) is 4.72 Å². The zero-order chi connectivity index (χ0) is 15.9. The summed E-state index contributed by atoms with van der Waals surface area (Å²) in [5.41, 5.74) is 7.70. The van der Waals surface area contributed by atoms with Gasteiger partial charge in [0.1, 0.15) is 0 Å². The van der Waals surface area contributed by atoms with Gasteiger partial charge in [0.25, 0.3) is 0 Å². The highest BCUT2D eigenvalue weighted by molar-refractivity contribution is 7.89. The van der Waals surface area contributed by atoms with Crippen LogP contribution in [0.5, 0.6) is 0 Å². The number of aryl methyl sites for hydroxylation is 1.